The van der Waals surface area contributed by atoms with Gasteiger partial charge in [-0.15, -0.1) is 0 Å². The minimum absolute atomic E-state index is 0.0112. The van der Waals surface area contributed by atoms with E-state index in [4.69, 9.17) is 16.3 Å². The summed E-state index contributed by atoms with van der Waals surface area (Å²) >= 11 is 5.88. The van der Waals surface area contributed by atoms with Crippen LogP contribution in [-0.2, 0) is 4.74 Å². The first-order valence-corrected chi connectivity index (χ1v) is 7.65. The van der Waals surface area contributed by atoms with Crippen LogP contribution in [0, 0.1) is 0 Å². The second-order valence-corrected chi connectivity index (χ2v) is 6.04. The highest BCUT2D eigenvalue weighted by atomic mass is 35.5. The van der Waals surface area contributed by atoms with Gasteiger partial charge in [0.25, 0.3) is 5.91 Å². The molecule has 2 heterocycles. The Hall–Kier alpha value is -1.85. The quantitative estimate of drug-likeness (QED) is 0.855. The van der Waals surface area contributed by atoms with Crippen molar-refractivity contribution in [1.82, 2.24) is 14.7 Å². The molecule has 3 rings (SSSR count). The number of ether oxygens (including phenoxy) is 1. The molecule has 1 fully saturated rings. The lowest BCUT2D eigenvalue weighted by Gasteiger charge is -2.36. The molecule has 1 aliphatic rings. The van der Waals surface area contributed by atoms with Crippen LogP contribution in [0.5, 0.6) is 0 Å². The van der Waals surface area contributed by atoms with Crippen LogP contribution in [0.25, 0.3) is 5.69 Å². The Balaban J connectivity index is 1.81. The van der Waals surface area contributed by atoms with Crippen LogP contribution >= 0.6 is 11.6 Å². The molecule has 1 aromatic carbocycles. The summed E-state index contributed by atoms with van der Waals surface area (Å²) in [4.78, 5) is 14.5. The predicted molar refractivity (Wildman–Crippen MR) is 84.5 cm³/mol. The minimum Gasteiger partial charge on any atom is -0.375 e. The van der Waals surface area contributed by atoms with E-state index in [1.807, 2.05) is 30.9 Å². The molecule has 0 aliphatic carbocycles. The topological polar surface area (TPSA) is 47.4 Å². The van der Waals surface area contributed by atoms with Gasteiger partial charge in [-0.25, -0.2) is 4.68 Å². The number of hydrogen-bond acceptors (Lipinski definition) is 3. The minimum atomic E-state index is -0.0112. The maximum atomic E-state index is 12.7. The molecule has 2 aromatic rings. The van der Waals surface area contributed by atoms with Gasteiger partial charge in [0.2, 0.25) is 0 Å². The Morgan fingerprint density at radius 3 is 2.77 bits per heavy atom. The number of carbonyl (C=O) groups excluding carboxylic acids is 1. The molecule has 116 valence electrons. The SMILES string of the molecule is C[C@@H]1CN(C(=O)c2cnn(-c3ccc(Cl)cc3)c2)[C@@H](C)CO1. The van der Waals surface area contributed by atoms with Crippen molar-refractivity contribution in [3.05, 3.63) is 47.2 Å². The molecule has 22 heavy (non-hydrogen) atoms. The van der Waals surface area contributed by atoms with Crippen LogP contribution in [-0.4, -0.2) is 45.9 Å². The second kappa shape index (κ2) is 6.10. The standard InChI is InChI=1S/C16H18ClN3O2/c1-11-10-22-12(2)8-19(11)16(21)13-7-18-20(9-13)15-5-3-14(17)4-6-15/h3-7,9,11-12H,8,10H2,1-2H3/t11-,12+/m0/s1. The Bertz CT molecular complexity index is 668. The van der Waals surface area contributed by atoms with Gasteiger partial charge < -0.3 is 9.64 Å². The number of rotatable bonds is 2. The Morgan fingerprint density at radius 2 is 2.05 bits per heavy atom. The van der Waals surface area contributed by atoms with Gasteiger partial charge in [-0.05, 0) is 38.1 Å². The molecular formula is C16H18ClN3O2. The number of hydrogen-bond donors (Lipinski definition) is 0. The highest BCUT2D eigenvalue weighted by Gasteiger charge is 2.28. The molecule has 0 spiro atoms. The maximum absolute atomic E-state index is 12.7. The number of carbonyl (C=O) groups is 1. The number of halogens is 1. The fourth-order valence-corrected chi connectivity index (χ4v) is 2.65. The average Bonchev–Trinajstić information content (AvgIpc) is 2.99. The molecule has 6 heteroatoms. The van der Waals surface area contributed by atoms with Gasteiger partial charge in [0, 0.05) is 17.8 Å². The first-order valence-electron chi connectivity index (χ1n) is 7.28. The summed E-state index contributed by atoms with van der Waals surface area (Å²) in [5, 5.41) is 4.94. The summed E-state index contributed by atoms with van der Waals surface area (Å²) in [6.07, 6.45) is 3.41. The lowest BCUT2D eigenvalue weighted by atomic mass is 10.1. The maximum Gasteiger partial charge on any atom is 0.257 e. The molecule has 0 bridgehead atoms. The number of benzene rings is 1. The van der Waals surface area contributed by atoms with Gasteiger partial charge in [-0.3, -0.25) is 4.79 Å². The van der Waals surface area contributed by atoms with Crippen molar-refractivity contribution in [3.63, 3.8) is 0 Å². The van der Waals surface area contributed by atoms with E-state index in [1.54, 1.807) is 29.2 Å². The summed E-state index contributed by atoms with van der Waals surface area (Å²) in [6, 6.07) is 7.39. The van der Waals surface area contributed by atoms with Crippen LogP contribution in [0.15, 0.2) is 36.7 Å². The number of morpholine rings is 1. The van der Waals surface area contributed by atoms with Crippen molar-refractivity contribution in [3.8, 4) is 5.69 Å². The van der Waals surface area contributed by atoms with Gasteiger partial charge >= 0.3 is 0 Å². The second-order valence-electron chi connectivity index (χ2n) is 5.60. The molecule has 5 nitrogen and oxygen atoms in total. The lowest BCUT2D eigenvalue weighted by Crippen LogP contribution is -2.50. The Morgan fingerprint density at radius 1 is 1.32 bits per heavy atom. The molecule has 2 atom stereocenters. The summed E-state index contributed by atoms with van der Waals surface area (Å²) in [5.41, 5.74) is 1.45. The van der Waals surface area contributed by atoms with E-state index in [0.29, 0.717) is 23.7 Å². The zero-order valence-electron chi connectivity index (χ0n) is 12.6. The first-order chi connectivity index (χ1) is 10.5. The third kappa shape index (κ3) is 3.00. The normalized spacial score (nSPS) is 21.9. The molecule has 1 aromatic heterocycles. The van der Waals surface area contributed by atoms with Crippen molar-refractivity contribution in [2.75, 3.05) is 13.2 Å². The fourth-order valence-electron chi connectivity index (χ4n) is 2.52. The zero-order valence-corrected chi connectivity index (χ0v) is 13.3. The van der Waals surface area contributed by atoms with Crippen molar-refractivity contribution < 1.29 is 9.53 Å². The van der Waals surface area contributed by atoms with E-state index in [1.165, 1.54) is 0 Å². The lowest BCUT2D eigenvalue weighted by molar-refractivity contribution is -0.0387. The molecule has 0 N–H and O–H groups in total. The zero-order chi connectivity index (χ0) is 15.7. The molecular weight excluding hydrogens is 302 g/mol. The first kappa shape index (κ1) is 15.1. The number of nitrogens with zero attached hydrogens (tertiary/aromatic N) is 3. The van der Waals surface area contributed by atoms with Crippen molar-refractivity contribution in [2.24, 2.45) is 0 Å². The molecule has 1 saturated heterocycles. The van der Waals surface area contributed by atoms with Gasteiger partial charge in [0.15, 0.2) is 0 Å². The Labute approximate surface area is 134 Å². The largest absolute Gasteiger partial charge is 0.375 e. The van der Waals surface area contributed by atoms with E-state index >= 15 is 0 Å². The summed E-state index contributed by atoms with van der Waals surface area (Å²) in [5.74, 6) is -0.0112. The van der Waals surface area contributed by atoms with Crippen molar-refractivity contribution >= 4 is 17.5 Å². The van der Waals surface area contributed by atoms with Crippen molar-refractivity contribution in [2.45, 2.75) is 26.0 Å². The van der Waals surface area contributed by atoms with Crippen LogP contribution in [0.2, 0.25) is 5.02 Å². The van der Waals surface area contributed by atoms with E-state index in [0.717, 1.165) is 5.69 Å². The van der Waals surface area contributed by atoms with Gasteiger partial charge in [0.1, 0.15) is 0 Å². The smallest absolute Gasteiger partial charge is 0.257 e. The highest BCUT2D eigenvalue weighted by molar-refractivity contribution is 6.30. The third-order valence-corrected chi connectivity index (χ3v) is 4.04. The van der Waals surface area contributed by atoms with Crippen LogP contribution < -0.4 is 0 Å². The molecule has 0 saturated carbocycles. The van der Waals surface area contributed by atoms with E-state index in [2.05, 4.69) is 5.10 Å². The number of amides is 1. The van der Waals surface area contributed by atoms with Gasteiger partial charge in [-0.2, -0.15) is 5.10 Å². The van der Waals surface area contributed by atoms with E-state index < -0.39 is 0 Å². The Kier molecular flexibility index (Phi) is 4.18. The van der Waals surface area contributed by atoms with Gasteiger partial charge in [-0.1, -0.05) is 11.6 Å². The molecule has 0 unspecified atom stereocenters. The van der Waals surface area contributed by atoms with E-state index in [9.17, 15) is 4.79 Å². The van der Waals surface area contributed by atoms with Crippen LogP contribution in [0.3, 0.4) is 0 Å². The highest BCUT2D eigenvalue weighted by Crippen LogP contribution is 2.17. The van der Waals surface area contributed by atoms with Gasteiger partial charge in [0.05, 0.1) is 36.2 Å². The molecule has 0 radical (unpaired) electrons. The van der Waals surface area contributed by atoms with E-state index in [-0.39, 0.29) is 18.1 Å². The molecule has 1 amide bonds. The summed E-state index contributed by atoms with van der Waals surface area (Å²) in [6.45, 7) is 5.14. The van der Waals surface area contributed by atoms with Crippen molar-refractivity contribution in [1.29, 1.82) is 0 Å². The fraction of sp³-hybridized carbons (Fsp3) is 0.375. The van der Waals surface area contributed by atoms with Crippen LogP contribution in [0.4, 0.5) is 0 Å². The number of aromatic nitrogens is 2. The third-order valence-electron chi connectivity index (χ3n) is 3.79. The predicted octanol–water partition coefficient (Wildman–Crippen LogP) is 2.78. The summed E-state index contributed by atoms with van der Waals surface area (Å²) < 4.78 is 7.24. The average molecular weight is 320 g/mol. The summed E-state index contributed by atoms with van der Waals surface area (Å²) in [7, 11) is 0. The van der Waals surface area contributed by atoms with Crippen LogP contribution in [0.1, 0.15) is 24.2 Å². The monoisotopic (exact) mass is 319 g/mol. The molecule has 1 aliphatic heterocycles.